The Hall–Kier alpha value is -1.33. The maximum Gasteiger partial charge on any atom is 0.0603 e. The molecule has 0 bridgehead atoms. The first kappa shape index (κ1) is 9.76. The molecule has 0 aliphatic carbocycles. The molecule has 68 valence electrons. The second kappa shape index (κ2) is 4.64. The average molecular weight is 174 g/mol. The van der Waals surface area contributed by atoms with Crippen molar-refractivity contribution in [2.75, 3.05) is 7.05 Å². The van der Waals surface area contributed by atoms with Crippen molar-refractivity contribution in [2.45, 2.75) is 19.4 Å². The van der Waals surface area contributed by atoms with Gasteiger partial charge in [-0.05, 0) is 26.1 Å². The van der Waals surface area contributed by atoms with Crippen LogP contribution < -0.4 is 5.32 Å². The molecule has 0 saturated carbocycles. The first-order valence-electron chi connectivity index (χ1n) is 4.32. The molecule has 0 aliphatic heterocycles. The minimum absolute atomic E-state index is 0.171. The van der Waals surface area contributed by atoms with Gasteiger partial charge < -0.3 is 5.32 Å². The van der Waals surface area contributed by atoms with Gasteiger partial charge >= 0.3 is 0 Å². The van der Waals surface area contributed by atoms with E-state index in [0.29, 0.717) is 6.42 Å². The third-order valence-corrected chi connectivity index (χ3v) is 1.94. The summed E-state index contributed by atoms with van der Waals surface area (Å²) in [5, 5.41) is 3.14. The quantitative estimate of drug-likeness (QED) is 0.705. The first-order chi connectivity index (χ1) is 6.27. The van der Waals surface area contributed by atoms with Gasteiger partial charge in [0.05, 0.1) is 11.7 Å². The zero-order valence-electron chi connectivity index (χ0n) is 8.04. The Labute approximate surface area is 79.4 Å². The van der Waals surface area contributed by atoms with Crippen LogP contribution in [0, 0.1) is 19.3 Å². The van der Waals surface area contributed by atoms with Crippen LogP contribution in [0.1, 0.15) is 23.9 Å². The molecular weight excluding hydrogens is 160 g/mol. The fourth-order valence-corrected chi connectivity index (χ4v) is 1.23. The van der Waals surface area contributed by atoms with Crippen molar-refractivity contribution in [3.8, 4) is 12.3 Å². The van der Waals surface area contributed by atoms with E-state index in [9.17, 15) is 0 Å². The largest absolute Gasteiger partial charge is 0.311 e. The Kier molecular flexibility index (Phi) is 3.48. The van der Waals surface area contributed by atoms with Gasteiger partial charge in [-0.15, -0.1) is 12.3 Å². The lowest BCUT2D eigenvalue weighted by molar-refractivity contribution is 0.593. The molecule has 0 spiro atoms. The van der Waals surface area contributed by atoms with Gasteiger partial charge in [-0.3, -0.25) is 4.98 Å². The lowest BCUT2D eigenvalue weighted by Gasteiger charge is -2.12. The molecule has 0 radical (unpaired) electrons. The highest BCUT2D eigenvalue weighted by molar-refractivity contribution is 5.15. The van der Waals surface area contributed by atoms with Gasteiger partial charge in [0.25, 0.3) is 0 Å². The topological polar surface area (TPSA) is 24.9 Å². The van der Waals surface area contributed by atoms with Crippen molar-refractivity contribution in [1.82, 2.24) is 10.3 Å². The summed E-state index contributed by atoms with van der Waals surface area (Å²) in [6.07, 6.45) is 5.94. The molecule has 13 heavy (non-hydrogen) atoms. The van der Waals surface area contributed by atoms with Gasteiger partial charge in [0.2, 0.25) is 0 Å². The van der Waals surface area contributed by atoms with Gasteiger partial charge in [-0.1, -0.05) is 6.07 Å². The number of rotatable bonds is 3. The molecule has 0 amide bonds. The lowest BCUT2D eigenvalue weighted by Crippen LogP contribution is -2.17. The number of hydrogen-bond donors (Lipinski definition) is 1. The van der Waals surface area contributed by atoms with Crippen molar-refractivity contribution in [2.24, 2.45) is 0 Å². The van der Waals surface area contributed by atoms with Crippen LogP contribution in [-0.2, 0) is 0 Å². The Morgan fingerprint density at radius 3 is 2.92 bits per heavy atom. The molecule has 0 fully saturated rings. The van der Waals surface area contributed by atoms with Gasteiger partial charge in [0.15, 0.2) is 0 Å². The molecule has 0 aliphatic rings. The molecule has 0 saturated heterocycles. The highest BCUT2D eigenvalue weighted by Gasteiger charge is 2.07. The molecule has 0 aromatic carbocycles. The molecule has 1 N–H and O–H groups in total. The molecule has 1 aromatic heterocycles. The van der Waals surface area contributed by atoms with Crippen LogP contribution in [0.25, 0.3) is 0 Å². The first-order valence-corrected chi connectivity index (χ1v) is 4.32. The minimum Gasteiger partial charge on any atom is -0.311 e. The van der Waals surface area contributed by atoms with E-state index in [-0.39, 0.29) is 6.04 Å². The molecule has 1 unspecified atom stereocenters. The second-order valence-corrected chi connectivity index (χ2v) is 2.95. The van der Waals surface area contributed by atoms with E-state index < -0.39 is 0 Å². The summed E-state index contributed by atoms with van der Waals surface area (Å²) in [5.74, 6) is 2.63. The molecule has 1 heterocycles. The van der Waals surface area contributed by atoms with Crippen molar-refractivity contribution < 1.29 is 0 Å². The van der Waals surface area contributed by atoms with Crippen LogP contribution >= 0.6 is 0 Å². The Bertz CT molecular complexity index is 312. The summed E-state index contributed by atoms with van der Waals surface area (Å²) in [5.41, 5.74) is 2.04. The number of nitrogens with zero attached hydrogens (tertiary/aromatic N) is 1. The van der Waals surface area contributed by atoms with Gasteiger partial charge in [-0.25, -0.2) is 0 Å². The molecule has 2 heteroatoms. The number of aryl methyl sites for hydroxylation is 1. The number of nitrogens with one attached hydrogen (secondary N) is 1. The standard InChI is InChI=1S/C11H14N2/c1-4-6-10(12-3)11-8-5-7-9(2)13-11/h1,5,7-8,10,12H,6H2,2-3H3. The van der Waals surface area contributed by atoms with Crippen LogP contribution in [0.5, 0.6) is 0 Å². The van der Waals surface area contributed by atoms with E-state index in [0.717, 1.165) is 11.4 Å². The summed E-state index contributed by atoms with van der Waals surface area (Å²) >= 11 is 0. The highest BCUT2D eigenvalue weighted by atomic mass is 14.9. The summed E-state index contributed by atoms with van der Waals surface area (Å²) in [4.78, 5) is 4.40. The molecule has 1 atom stereocenters. The van der Waals surface area contributed by atoms with E-state index in [1.54, 1.807) is 0 Å². The van der Waals surface area contributed by atoms with E-state index in [1.807, 2.05) is 32.2 Å². The van der Waals surface area contributed by atoms with Gasteiger partial charge in [0, 0.05) is 12.1 Å². The number of hydrogen-bond acceptors (Lipinski definition) is 2. The third-order valence-electron chi connectivity index (χ3n) is 1.94. The number of terminal acetylenes is 1. The fraction of sp³-hybridized carbons (Fsp3) is 0.364. The van der Waals surface area contributed by atoms with Gasteiger partial charge in [-0.2, -0.15) is 0 Å². The van der Waals surface area contributed by atoms with E-state index in [4.69, 9.17) is 6.42 Å². The third kappa shape index (κ3) is 2.57. The summed E-state index contributed by atoms with van der Waals surface area (Å²) < 4.78 is 0. The predicted octanol–water partition coefficient (Wildman–Crippen LogP) is 1.67. The normalized spacial score (nSPS) is 12.1. The maximum absolute atomic E-state index is 5.26. The lowest BCUT2D eigenvalue weighted by atomic mass is 10.1. The predicted molar refractivity (Wildman–Crippen MR) is 54.2 cm³/mol. The zero-order valence-corrected chi connectivity index (χ0v) is 8.04. The summed E-state index contributed by atoms with van der Waals surface area (Å²) in [6, 6.07) is 6.14. The summed E-state index contributed by atoms with van der Waals surface area (Å²) in [7, 11) is 1.89. The molecule has 1 aromatic rings. The van der Waals surface area contributed by atoms with Crippen molar-refractivity contribution in [3.05, 3.63) is 29.6 Å². The number of aromatic nitrogens is 1. The summed E-state index contributed by atoms with van der Waals surface area (Å²) in [6.45, 7) is 1.98. The van der Waals surface area contributed by atoms with E-state index >= 15 is 0 Å². The molecular formula is C11H14N2. The van der Waals surface area contributed by atoms with E-state index in [2.05, 4.69) is 16.2 Å². The van der Waals surface area contributed by atoms with Crippen molar-refractivity contribution in [1.29, 1.82) is 0 Å². The SMILES string of the molecule is C#CCC(NC)c1cccc(C)n1. The monoisotopic (exact) mass is 174 g/mol. The Morgan fingerprint density at radius 1 is 1.62 bits per heavy atom. The maximum atomic E-state index is 5.26. The second-order valence-electron chi connectivity index (χ2n) is 2.95. The molecule has 2 nitrogen and oxygen atoms in total. The fourth-order valence-electron chi connectivity index (χ4n) is 1.23. The van der Waals surface area contributed by atoms with Crippen LogP contribution in [-0.4, -0.2) is 12.0 Å². The molecule has 1 rings (SSSR count). The van der Waals surface area contributed by atoms with Crippen molar-refractivity contribution in [3.63, 3.8) is 0 Å². The van der Waals surface area contributed by atoms with Crippen molar-refractivity contribution >= 4 is 0 Å². The van der Waals surface area contributed by atoms with Crippen LogP contribution in [0.15, 0.2) is 18.2 Å². The average Bonchev–Trinajstić information content (AvgIpc) is 2.14. The minimum atomic E-state index is 0.171. The highest BCUT2D eigenvalue weighted by Crippen LogP contribution is 2.13. The van der Waals surface area contributed by atoms with Crippen LogP contribution in [0.4, 0.5) is 0 Å². The Balaban J connectivity index is 2.86. The Morgan fingerprint density at radius 2 is 2.38 bits per heavy atom. The number of pyridine rings is 1. The van der Waals surface area contributed by atoms with Crippen LogP contribution in [0.2, 0.25) is 0 Å². The van der Waals surface area contributed by atoms with Crippen LogP contribution in [0.3, 0.4) is 0 Å². The zero-order chi connectivity index (χ0) is 9.68. The van der Waals surface area contributed by atoms with Gasteiger partial charge in [0.1, 0.15) is 0 Å². The van der Waals surface area contributed by atoms with E-state index in [1.165, 1.54) is 0 Å². The smallest absolute Gasteiger partial charge is 0.0603 e.